The highest BCUT2D eigenvalue weighted by Gasteiger charge is 2.06. The van der Waals surface area contributed by atoms with Crippen LogP contribution in [-0.2, 0) is 0 Å². The van der Waals surface area contributed by atoms with Gasteiger partial charge in [0.2, 0.25) is 0 Å². The molecule has 0 heterocycles. The molecule has 0 spiro atoms. The molecule has 0 amide bonds. The summed E-state index contributed by atoms with van der Waals surface area (Å²) < 4.78 is 0. The molecule has 1 rings (SSSR count). The minimum Gasteiger partial charge on any atom is -0.478 e. The second-order valence-electron chi connectivity index (χ2n) is 3.35. The lowest BCUT2D eigenvalue weighted by atomic mass is 10.1. The molecule has 0 aliphatic carbocycles. The van der Waals surface area contributed by atoms with Crippen LogP contribution in [0.3, 0.4) is 0 Å². The first-order valence-electron chi connectivity index (χ1n) is 5.31. The molecule has 0 aliphatic heterocycles. The van der Waals surface area contributed by atoms with Crippen molar-refractivity contribution in [3.05, 3.63) is 35.4 Å². The van der Waals surface area contributed by atoms with Crippen molar-refractivity contribution >= 4 is 11.9 Å². The highest BCUT2D eigenvalue weighted by Crippen LogP contribution is 2.04. The number of aliphatic hydroxyl groups is 2. The number of hydrogen-bond acceptors (Lipinski definition) is 4. The minimum atomic E-state index is -1.13. The zero-order valence-electron chi connectivity index (χ0n) is 9.74. The van der Waals surface area contributed by atoms with E-state index in [9.17, 15) is 9.59 Å². The monoisotopic (exact) mass is 256 g/mol. The highest BCUT2D eigenvalue weighted by molar-refractivity contribution is 5.93. The third-order valence-corrected chi connectivity index (χ3v) is 1.92. The van der Waals surface area contributed by atoms with Crippen molar-refractivity contribution in [2.75, 3.05) is 13.2 Å². The van der Waals surface area contributed by atoms with E-state index in [4.69, 9.17) is 20.4 Å². The summed E-state index contributed by atoms with van der Waals surface area (Å²) in [6.07, 6.45) is 1.44. The molecule has 6 nitrogen and oxygen atoms in total. The van der Waals surface area contributed by atoms with Crippen molar-refractivity contribution in [2.45, 2.75) is 12.8 Å². The van der Waals surface area contributed by atoms with Gasteiger partial charge in [0, 0.05) is 13.2 Å². The van der Waals surface area contributed by atoms with Crippen LogP contribution in [-0.4, -0.2) is 45.6 Å². The zero-order chi connectivity index (χ0) is 14.0. The van der Waals surface area contributed by atoms with Gasteiger partial charge in [-0.15, -0.1) is 0 Å². The Kier molecular flexibility index (Phi) is 8.17. The Balaban J connectivity index is 0.000000411. The maximum Gasteiger partial charge on any atom is 0.335 e. The van der Waals surface area contributed by atoms with Crippen LogP contribution in [0.2, 0.25) is 0 Å². The van der Waals surface area contributed by atoms with Crippen LogP contribution in [0.15, 0.2) is 24.3 Å². The van der Waals surface area contributed by atoms with Gasteiger partial charge in [-0.1, -0.05) is 6.07 Å². The SMILES string of the molecule is O=C(O)c1cccc(C(=O)O)c1.OCCCCO. The average Bonchev–Trinajstić information content (AvgIpc) is 2.37. The van der Waals surface area contributed by atoms with Crippen molar-refractivity contribution in [1.29, 1.82) is 0 Å². The Hall–Kier alpha value is -1.92. The number of hydrogen-bond donors (Lipinski definition) is 4. The number of aliphatic hydroxyl groups excluding tert-OH is 2. The van der Waals surface area contributed by atoms with Gasteiger partial charge in [0.05, 0.1) is 11.1 Å². The van der Waals surface area contributed by atoms with Crippen LogP contribution in [0, 0.1) is 0 Å². The fraction of sp³-hybridized carbons (Fsp3) is 0.333. The van der Waals surface area contributed by atoms with Gasteiger partial charge in [-0.3, -0.25) is 0 Å². The van der Waals surface area contributed by atoms with Gasteiger partial charge < -0.3 is 20.4 Å². The first kappa shape index (κ1) is 16.1. The normalized spacial score (nSPS) is 9.22. The summed E-state index contributed by atoms with van der Waals surface area (Å²) in [5.74, 6) is -2.25. The predicted octanol–water partition coefficient (Wildman–Crippen LogP) is 0.834. The number of rotatable bonds is 5. The van der Waals surface area contributed by atoms with Crippen molar-refractivity contribution in [3.8, 4) is 0 Å². The fourth-order valence-electron chi connectivity index (χ4n) is 1.01. The topological polar surface area (TPSA) is 115 Å². The van der Waals surface area contributed by atoms with E-state index in [2.05, 4.69) is 0 Å². The van der Waals surface area contributed by atoms with Gasteiger partial charge in [0.25, 0.3) is 0 Å². The number of unbranched alkanes of at least 4 members (excludes halogenated alkanes) is 1. The molecule has 0 atom stereocenters. The van der Waals surface area contributed by atoms with E-state index in [1.165, 1.54) is 18.2 Å². The van der Waals surface area contributed by atoms with E-state index in [0.29, 0.717) is 0 Å². The summed E-state index contributed by atoms with van der Waals surface area (Å²) in [5, 5.41) is 33.2. The predicted molar refractivity (Wildman–Crippen MR) is 63.8 cm³/mol. The zero-order valence-corrected chi connectivity index (χ0v) is 9.74. The average molecular weight is 256 g/mol. The van der Waals surface area contributed by atoms with Crippen molar-refractivity contribution < 1.29 is 30.0 Å². The summed E-state index contributed by atoms with van der Waals surface area (Å²) >= 11 is 0. The molecule has 0 saturated heterocycles. The Labute approximate surface area is 104 Å². The van der Waals surface area contributed by atoms with E-state index in [1.54, 1.807) is 0 Å². The molecular formula is C12H16O6. The Bertz CT molecular complexity index is 355. The maximum absolute atomic E-state index is 10.4. The van der Waals surface area contributed by atoms with Crippen LogP contribution in [0.5, 0.6) is 0 Å². The van der Waals surface area contributed by atoms with E-state index in [0.717, 1.165) is 18.9 Å². The van der Waals surface area contributed by atoms with Gasteiger partial charge in [0.15, 0.2) is 0 Å². The molecule has 0 bridgehead atoms. The van der Waals surface area contributed by atoms with Crippen molar-refractivity contribution in [3.63, 3.8) is 0 Å². The highest BCUT2D eigenvalue weighted by atomic mass is 16.4. The minimum absolute atomic E-state index is 0.0186. The molecule has 18 heavy (non-hydrogen) atoms. The number of carbonyl (C=O) groups is 2. The summed E-state index contributed by atoms with van der Waals surface area (Å²) in [7, 11) is 0. The Morgan fingerprint density at radius 3 is 1.56 bits per heavy atom. The largest absolute Gasteiger partial charge is 0.478 e. The molecular weight excluding hydrogens is 240 g/mol. The number of carboxylic acid groups (broad SMARTS) is 2. The molecule has 0 fully saturated rings. The summed E-state index contributed by atoms with van der Waals surface area (Å²) in [6.45, 7) is 0.390. The molecule has 6 heteroatoms. The first-order valence-corrected chi connectivity index (χ1v) is 5.31. The lowest BCUT2D eigenvalue weighted by Crippen LogP contribution is -2.01. The van der Waals surface area contributed by atoms with Gasteiger partial charge in [-0.2, -0.15) is 0 Å². The molecule has 0 saturated carbocycles. The molecule has 0 radical (unpaired) electrons. The number of benzene rings is 1. The molecule has 0 aromatic heterocycles. The Morgan fingerprint density at radius 1 is 0.889 bits per heavy atom. The van der Waals surface area contributed by atoms with E-state index in [1.807, 2.05) is 0 Å². The van der Waals surface area contributed by atoms with E-state index >= 15 is 0 Å². The number of aromatic carboxylic acids is 2. The number of carboxylic acids is 2. The second-order valence-corrected chi connectivity index (χ2v) is 3.35. The standard InChI is InChI=1S/C8H6O4.C4H10O2/c9-7(10)5-2-1-3-6(4-5)8(11)12;5-3-1-2-4-6/h1-4H,(H,9,10)(H,11,12);5-6H,1-4H2. The summed E-state index contributed by atoms with van der Waals surface area (Å²) in [4.78, 5) is 20.8. The van der Waals surface area contributed by atoms with Crippen LogP contribution >= 0.6 is 0 Å². The molecule has 4 N–H and O–H groups in total. The first-order chi connectivity index (χ1) is 8.52. The lowest BCUT2D eigenvalue weighted by molar-refractivity contribution is 0.0696. The van der Waals surface area contributed by atoms with Crippen LogP contribution in [0.4, 0.5) is 0 Å². The fourth-order valence-corrected chi connectivity index (χ4v) is 1.01. The summed E-state index contributed by atoms with van der Waals surface area (Å²) in [6, 6.07) is 5.20. The van der Waals surface area contributed by atoms with Crippen LogP contribution in [0.25, 0.3) is 0 Å². The van der Waals surface area contributed by atoms with Crippen molar-refractivity contribution in [2.24, 2.45) is 0 Å². The summed E-state index contributed by atoms with van der Waals surface area (Å²) in [5.41, 5.74) is -0.0372. The van der Waals surface area contributed by atoms with E-state index in [-0.39, 0.29) is 24.3 Å². The van der Waals surface area contributed by atoms with E-state index < -0.39 is 11.9 Å². The van der Waals surface area contributed by atoms with Crippen LogP contribution < -0.4 is 0 Å². The van der Waals surface area contributed by atoms with Gasteiger partial charge >= 0.3 is 11.9 Å². The van der Waals surface area contributed by atoms with Gasteiger partial charge in [-0.05, 0) is 31.0 Å². The third-order valence-electron chi connectivity index (χ3n) is 1.92. The van der Waals surface area contributed by atoms with Crippen molar-refractivity contribution in [1.82, 2.24) is 0 Å². The third kappa shape index (κ3) is 6.62. The second kappa shape index (κ2) is 9.15. The molecule has 1 aromatic carbocycles. The van der Waals surface area contributed by atoms with Gasteiger partial charge in [0.1, 0.15) is 0 Å². The molecule has 0 aliphatic rings. The quantitative estimate of drug-likeness (QED) is 0.580. The van der Waals surface area contributed by atoms with Crippen LogP contribution in [0.1, 0.15) is 33.6 Å². The maximum atomic E-state index is 10.4. The molecule has 1 aromatic rings. The van der Waals surface area contributed by atoms with Gasteiger partial charge in [-0.25, -0.2) is 9.59 Å². The Morgan fingerprint density at radius 2 is 1.28 bits per heavy atom. The molecule has 100 valence electrons. The molecule has 0 unspecified atom stereocenters. The smallest absolute Gasteiger partial charge is 0.335 e. The lowest BCUT2D eigenvalue weighted by Gasteiger charge is -1.95.